The molecule has 0 aromatic rings. The van der Waals surface area contributed by atoms with Crippen LogP contribution < -0.4 is 0 Å². The molecule has 7 heterocycles. The molecular formula is C64H142N14. The molecule has 7 aliphatic heterocycles. The summed E-state index contributed by atoms with van der Waals surface area (Å²) in [7, 11) is 31.1. The highest BCUT2D eigenvalue weighted by molar-refractivity contribution is 4.92. The van der Waals surface area contributed by atoms with Crippen molar-refractivity contribution in [1.82, 2.24) is 68.6 Å². The Kier molecular flexibility index (Phi) is 35.1. The fraction of sp³-hybridized carbons (Fsp3) is 1.00. The van der Waals surface area contributed by atoms with Crippen LogP contribution in [0, 0.1) is 17.8 Å². The largest absolute Gasteiger partial charge is 0.304 e. The molecule has 15 unspecified atom stereocenters. The first-order chi connectivity index (χ1) is 35.9. The van der Waals surface area contributed by atoms with Crippen molar-refractivity contribution >= 4 is 0 Å². The molecule has 0 N–H and O–H groups in total. The second-order valence-electron chi connectivity index (χ2n) is 28.5. The van der Waals surface area contributed by atoms with Crippen molar-refractivity contribution in [2.75, 3.05) is 184 Å². The van der Waals surface area contributed by atoms with Gasteiger partial charge >= 0.3 is 0 Å². The summed E-state index contributed by atoms with van der Waals surface area (Å²) in [5, 5.41) is 0. The van der Waals surface area contributed by atoms with E-state index in [9.17, 15) is 0 Å². The molecule has 0 aromatic carbocycles. The maximum atomic E-state index is 2.54. The molecule has 0 saturated carbocycles. The monoisotopic (exact) mass is 1110 g/mol. The Labute approximate surface area is 489 Å². The molecule has 0 aliphatic carbocycles. The van der Waals surface area contributed by atoms with Crippen molar-refractivity contribution in [1.29, 1.82) is 0 Å². The van der Waals surface area contributed by atoms with Gasteiger partial charge in [0.25, 0.3) is 0 Å². The molecule has 0 aromatic heterocycles. The van der Waals surface area contributed by atoms with E-state index in [2.05, 4.69) is 292 Å². The zero-order valence-corrected chi connectivity index (χ0v) is 58.6. The molecule has 14 nitrogen and oxygen atoms in total. The summed E-state index contributed by atoms with van der Waals surface area (Å²) >= 11 is 0. The van der Waals surface area contributed by atoms with Crippen LogP contribution in [-0.2, 0) is 0 Å². The Morgan fingerprint density at radius 1 is 0.269 bits per heavy atom. The molecule has 0 bridgehead atoms. The highest BCUT2D eigenvalue weighted by Crippen LogP contribution is 2.24. The average Bonchev–Trinajstić information content (AvgIpc) is 3.35. The first-order valence-electron chi connectivity index (χ1n) is 31.8. The Balaban J connectivity index is 0.000000457. The molecule has 7 fully saturated rings. The zero-order valence-electron chi connectivity index (χ0n) is 58.6. The molecule has 468 valence electrons. The number of nitrogens with zero attached hydrogens (tertiary/aromatic N) is 14. The van der Waals surface area contributed by atoms with Gasteiger partial charge in [-0.25, -0.2) is 0 Å². The average molecular weight is 1110 g/mol. The van der Waals surface area contributed by atoms with Crippen molar-refractivity contribution < 1.29 is 0 Å². The Morgan fingerprint density at radius 3 is 1.00 bits per heavy atom. The van der Waals surface area contributed by atoms with Gasteiger partial charge < -0.3 is 58.8 Å². The van der Waals surface area contributed by atoms with E-state index in [0.29, 0.717) is 54.4 Å². The van der Waals surface area contributed by atoms with E-state index in [1.54, 1.807) is 0 Å². The highest BCUT2D eigenvalue weighted by atomic mass is 15.3. The Bertz CT molecular complexity index is 1480. The third-order valence-electron chi connectivity index (χ3n) is 21.0. The lowest BCUT2D eigenvalue weighted by Crippen LogP contribution is -2.60. The maximum absolute atomic E-state index is 2.54. The molecule has 0 spiro atoms. The molecule has 0 amide bonds. The second-order valence-corrected chi connectivity index (χ2v) is 28.5. The van der Waals surface area contributed by atoms with Gasteiger partial charge in [0.05, 0.1) is 0 Å². The van der Waals surface area contributed by atoms with Crippen molar-refractivity contribution in [3.05, 3.63) is 0 Å². The number of rotatable bonds is 4. The predicted octanol–water partition coefficient (Wildman–Crippen LogP) is 7.17. The maximum Gasteiger partial charge on any atom is 0.0246 e. The Morgan fingerprint density at radius 2 is 0.590 bits per heavy atom. The Hall–Kier alpha value is -0.560. The van der Waals surface area contributed by atoms with Crippen molar-refractivity contribution in [2.24, 2.45) is 17.8 Å². The molecule has 7 saturated heterocycles. The molecule has 0 radical (unpaired) electrons. The third kappa shape index (κ3) is 25.0. The van der Waals surface area contributed by atoms with Crippen LogP contribution >= 0.6 is 0 Å². The summed E-state index contributed by atoms with van der Waals surface area (Å²) in [4.78, 5) is 34.3. The topological polar surface area (TPSA) is 45.4 Å². The van der Waals surface area contributed by atoms with E-state index in [1.807, 2.05) is 0 Å². The normalized spacial score (nSPS) is 36.9. The first-order valence-corrected chi connectivity index (χ1v) is 31.8. The van der Waals surface area contributed by atoms with Crippen LogP contribution in [-0.4, -0.2) is 343 Å². The number of piperazine rings is 7. The van der Waals surface area contributed by atoms with E-state index in [1.165, 1.54) is 91.5 Å². The fourth-order valence-corrected chi connectivity index (χ4v) is 12.4. The lowest BCUT2D eigenvalue weighted by atomic mass is 9.94. The summed E-state index contributed by atoms with van der Waals surface area (Å²) < 4.78 is 0. The summed E-state index contributed by atoms with van der Waals surface area (Å²) in [6.07, 6.45) is 1.33. The van der Waals surface area contributed by atoms with Gasteiger partial charge in [-0.15, -0.1) is 0 Å². The summed E-state index contributed by atoms with van der Waals surface area (Å²) in [6.45, 7) is 57.2. The third-order valence-corrected chi connectivity index (χ3v) is 21.0. The molecule has 7 rings (SSSR count). The summed E-state index contributed by atoms with van der Waals surface area (Å²) in [5.41, 5.74) is 0. The fourth-order valence-electron chi connectivity index (χ4n) is 12.4. The van der Waals surface area contributed by atoms with Crippen molar-refractivity contribution in [3.8, 4) is 0 Å². The minimum atomic E-state index is 0.672. The van der Waals surface area contributed by atoms with Gasteiger partial charge in [0.15, 0.2) is 0 Å². The standard InChI is InChI=1S/2C11H24N2.C10H22N2.C9H20N2.2C8H18N2.C7H16N2/c1-9(2)6-11-8-12(4)10(3)7-13(11)5;1-8(2)11-7-12(5)9(3)10(4)13(11)6;1-8(2)10-7-11(4)9(3)6-12(10)5;1-7-6-10(4)8(2)9(3)11(7)5;1-7-5-10(4)8(2)6-9(7)3;1-7-8(2)10(4)6-5-9(7)3;1-7-6-8(2)4-5-9(7)3/h9-11H,6-8H2,1-5H3;8-11H,7H2,1-6H3;8-10H,6-7H2,1-5H3;7-9H,6H2,1-5H3;2*7-8H,5-6H2,1-4H3;7H,4-6H2,1-3H3. The van der Waals surface area contributed by atoms with E-state index in [0.717, 1.165) is 54.0 Å². The summed E-state index contributed by atoms with van der Waals surface area (Å²) in [6, 6.07) is 10.7. The highest BCUT2D eigenvalue weighted by Gasteiger charge is 2.35. The minimum Gasteiger partial charge on any atom is -0.304 e. The molecule has 15 atom stereocenters. The van der Waals surface area contributed by atoms with Crippen LogP contribution in [0.2, 0.25) is 0 Å². The van der Waals surface area contributed by atoms with Gasteiger partial charge in [-0.1, -0.05) is 41.5 Å². The van der Waals surface area contributed by atoms with E-state index >= 15 is 0 Å². The van der Waals surface area contributed by atoms with Crippen LogP contribution in [0.4, 0.5) is 0 Å². The van der Waals surface area contributed by atoms with Gasteiger partial charge in [0.1, 0.15) is 0 Å². The SMILES string of the molecule is CC(C)C1CN(C)C(C)C(C)N1C.CC(C)C1CN(C)C(C)CN1C.CC(C)CC1CN(C)C(C)CN1C.CC1C(C)N(C)C(C)CN1C.CC1C(C)N(C)CCN1C.CC1CN(C)C(C)CN1C.CC1CN(C)CCN1C. The molecule has 14 heteroatoms. The van der Waals surface area contributed by atoms with Gasteiger partial charge in [-0.05, 0) is 206 Å². The lowest BCUT2D eigenvalue weighted by Gasteiger charge is -2.48. The smallest absolute Gasteiger partial charge is 0.0246 e. The summed E-state index contributed by atoms with van der Waals surface area (Å²) in [5.74, 6) is 2.33. The van der Waals surface area contributed by atoms with Gasteiger partial charge in [0.2, 0.25) is 0 Å². The quantitative estimate of drug-likeness (QED) is 0.286. The molecule has 7 aliphatic rings. The van der Waals surface area contributed by atoms with Gasteiger partial charge in [0, 0.05) is 176 Å². The lowest BCUT2D eigenvalue weighted by molar-refractivity contribution is 0.00496. The first kappa shape index (κ1) is 75.5. The van der Waals surface area contributed by atoms with Crippen molar-refractivity contribution in [3.63, 3.8) is 0 Å². The van der Waals surface area contributed by atoms with Crippen molar-refractivity contribution in [2.45, 2.75) is 222 Å². The number of hydrogen-bond donors (Lipinski definition) is 0. The van der Waals surface area contributed by atoms with Crippen LogP contribution in [0.15, 0.2) is 0 Å². The van der Waals surface area contributed by atoms with Crippen LogP contribution in [0.5, 0.6) is 0 Å². The van der Waals surface area contributed by atoms with E-state index in [4.69, 9.17) is 0 Å². The van der Waals surface area contributed by atoms with Gasteiger partial charge in [-0.3, -0.25) is 9.80 Å². The van der Waals surface area contributed by atoms with Gasteiger partial charge in [-0.2, -0.15) is 0 Å². The molecule has 78 heavy (non-hydrogen) atoms. The number of likely N-dealkylation sites (N-methyl/N-ethyl adjacent to an activating group) is 14. The second kappa shape index (κ2) is 36.3. The molecular weight excluding hydrogens is 965 g/mol. The minimum absolute atomic E-state index is 0.672. The van der Waals surface area contributed by atoms with Crippen LogP contribution in [0.3, 0.4) is 0 Å². The van der Waals surface area contributed by atoms with E-state index in [-0.39, 0.29) is 0 Å². The predicted molar refractivity (Wildman–Crippen MR) is 346 cm³/mol. The van der Waals surface area contributed by atoms with Crippen LogP contribution in [0.25, 0.3) is 0 Å². The number of hydrogen-bond acceptors (Lipinski definition) is 14. The zero-order chi connectivity index (χ0) is 60.4. The van der Waals surface area contributed by atoms with E-state index < -0.39 is 0 Å². The van der Waals surface area contributed by atoms with Crippen LogP contribution in [0.1, 0.15) is 131 Å².